The molecule has 6 heteroatoms. The number of carboxylic acid groups (broad SMARTS) is 1. The van der Waals surface area contributed by atoms with Crippen LogP contribution in [0.4, 0.5) is 0 Å². The molecule has 1 aromatic heterocycles. The lowest BCUT2D eigenvalue weighted by atomic mass is 9.99. The summed E-state index contributed by atoms with van der Waals surface area (Å²) in [5.74, 6) is -0.817. The average molecular weight is 403 g/mol. The normalized spacial score (nSPS) is 14.8. The predicted molar refractivity (Wildman–Crippen MR) is 117 cm³/mol. The third-order valence-corrected chi connectivity index (χ3v) is 5.72. The number of rotatable bonds is 4. The van der Waals surface area contributed by atoms with Crippen molar-refractivity contribution >= 4 is 22.8 Å². The molecule has 2 heterocycles. The zero-order valence-corrected chi connectivity index (χ0v) is 17.3. The highest BCUT2D eigenvalue weighted by molar-refractivity contribution is 5.96. The molecule has 2 aromatic carbocycles. The van der Waals surface area contributed by atoms with Crippen molar-refractivity contribution in [1.82, 2.24) is 14.8 Å². The monoisotopic (exact) mass is 403 g/mol. The van der Waals surface area contributed by atoms with Crippen LogP contribution in [0, 0.1) is 6.92 Å². The van der Waals surface area contributed by atoms with Crippen LogP contribution in [-0.2, 0) is 11.2 Å². The summed E-state index contributed by atoms with van der Waals surface area (Å²) in [5.41, 5.74) is 4.24. The molecule has 0 unspecified atom stereocenters. The fourth-order valence-electron chi connectivity index (χ4n) is 3.92. The molecule has 1 amide bonds. The molecule has 0 spiro atoms. The Morgan fingerprint density at radius 3 is 2.50 bits per heavy atom. The maximum atomic E-state index is 12.7. The lowest BCUT2D eigenvalue weighted by molar-refractivity contribution is -0.132. The molecular weight excluding hydrogens is 378 g/mol. The van der Waals surface area contributed by atoms with Crippen molar-refractivity contribution in [3.63, 3.8) is 0 Å². The molecule has 30 heavy (non-hydrogen) atoms. The number of carbonyl (C=O) groups excluding carboxylic acids is 1. The molecule has 1 aliphatic heterocycles. The van der Waals surface area contributed by atoms with Gasteiger partial charge in [0.05, 0.1) is 23.2 Å². The highest BCUT2D eigenvalue weighted by atomic mass is 16.4. The Morgan fingerprint density at radius 1 is 1.03 bits per heavy atom. The van der Waals surface area contributed by atoms with E-state index in [1.165, 1.54) is 0 Å². The van der Waals surface area contributed by atoms with E-state index in [0.717, 1.165) is 48.2 Å². The van der Waals surface area contributed by atoms with Gasteiger partial charge in [0.1, 0.15) is 0 Å². The summed E-state index contributed by atoms with van der Waals surface area (Å²) in [6.45, 7) is 5.36. The highest BCUT2D eigenvalue weighted by Gasteiger charge is 2.19. The standard InChI is InChI=1S/C24H25N3O3/c1-16-13-22(18-5-3-4-6-19(18)24(29)30)25-21-8-7-17(14-20(16)21)15-23(28)27-11-9-26(2)10-12-27/h3-8,13-14H,9-12,15H2,1-2H3,(H,29,30). The summed E-state index contributed by atoms with van der Waals surface area (Å²) in [5, 5.41) is 10.5. The van der Waals surface area contributed by atoms with Gasteiger partial charge < -0.3 is 14.9 Å². The number of likely N-dealkylation sites (N-methyl/N-ethyl adjacent to an activating group) is 1. The van der Waals surface area contributed by atoms with Gasteiger partial charge in [0.2, 0.25) is 5.91 Å². The second-order valence-corrected chi connectivity index (χ2v) is 7.89. The minimum absolute atomic E-state index is 0.153. The Morgan fingerprint density at radius 2 is 1.77 bits per heavy atom. The van der Waals surface area contributed by atoms with Crippen molar-refractivity contribution in [1.29, 1.82) is 0 Å². The zero-order chi connectivity index (χ0) is 21.3. The van der Waals surface area contributed by atoms with Gasteiger partial charge in [-0.3, -0.25) is 4.79 Å². The average Bonchev–Trinajstić information content (AvgIpc) is 2.74. The molecule has 3 aromatic rings. The summed E-state index contributed by atoms with van der Waals surface area (Å²) in [7, 11) is 2.07. The van der Waals surface area contributed by atoms with E-state index in [1.54, 1.807) is 18.2 Å². The van der Waals surface area contributed by atoms with E-state index in [-0.39, 0.29) is 11.5 Å². The maximum Gasteiger partial charge on any atom is 0.336 e. The SMILES string of the molecule is Cc1cc(-c2ccccc2C(=O)O)nc2ccc(CC(=O)N3CCN(C)CC3)cc12. The van der Waals surface area contributed by atoms with Gasteiger partial charge in [-0.1, -0.05) is 24.3 Å². The first-order valence-electron chi connectivity index (χ1n) is 10.1. The number of fused-ring (bicyclic) bond motifs is 1. The Kier molecular flexibility index (Phi) is 5.50. The Bertz CT molecular complexity index is 1120. The van der Waals surface area contributed by atoms with E-state index < -0.39 is 5.97 Å². The first-order valence-corrected chi connectivity index (χ1v) is 10.1. The molecule has 0 saturated carbocycles. The molecule has 0 aliphatic carbocycles. The molecule has 1 saturated heterocycles. The van der Waals surface area contributed by atoms with E-state index in [9.17, 15) is 14.7 Å². The number of amides is 1. The van der Waals surface area contributed by atoms with E-state index in [4.69, 9.17) is 4.98 Å². The van der Waals surface area contributed by atoms with Gasteiger partial charge in [0, 0.05) is 37.1 Å². The summed E-state index contributed by atoms with van der Waals surface area (Å²) in [4.78, 5) is 33.1. The van der Waals surface area contributed by atoms with Gasteiger partial charge in [-0.2, -0.15) is 0 Å². The fourth-order valence-corrected chi connectivity index (χ4v) is 3.92. The number of benzene rings is 2. The van der Waals surface area contributed by atoms with Crippen LogP contribution in [0.15, 0.2) is 48.5 Å². The van der Waals surface area contributed by atoms with E-state index >= 15 is 0 Å². The summed E-state index contributed by atoms with van der Waals surface area (Å²) < 4.78 is 0. The van der Waals surface area contributed by atoms with Crippen molar-refractivity contribution in [2.45, 2.75) is 13.3 Å². The first kappa shape index (κ1) is 20.0. The number of carboxylic acids is 1. The van der Waals surface area contributed by atoms with Gasteiger partial charge in [0.25, 0.3) is 0 Å². The number of hydrogen-bond donors (Lipinski definition) is 1. The Balaban J connectivity index is 1.62. The molecule has 0 radical (unpaired) electrons. The van der Waals surface area contributed by atoms with Crippen LogP contribution >= 0.6 is 0 Å². The lowest BCUT2D eigenvalue weighted by Crippen LogP contribution is -2.47. The first-order chi connectivity index (χ1) is 14.4. The molecule has 4 rings (SSSR count). The number of hydrogen-bond acceptors (Lipinski definition) is 4. The van der Waals surface area contributed by atoms with E-state index in [1.807, 2.05) is 42.2 Å². The molecule has 1 aliphatic rings. The smallest absolute Gasteiger partial charge is 0.336 e. The molecular formula is C24H25N3O3. The summed E-state index contributed by atoms with van der Waals surface area (Å²) in [6.07, 6.45) is 0.378. The van der Waals surface area contributed by atoms with Crippen molar-refractivity contribution in [2.75, 3.05) is 33.2 Å². The number of piperazine rings is 1. The largest absolute Gasteiger partial charge is 0.478 e. The van der Waals surface area contributed by atoms with Crippen LogP contribution < -0.4 is 0 Å². The Labute approximate surface area is 175 Å². The molecule has 154 valence electrons. The second-order valence-electron chi connectivity index (χ2n) is 7.89. The van der Waals surface area contributed by atoms with Crippen LogP contribution in [0.25, 0.3) is 22.2 Å². The molecule has 1 N–H and O–H groups in total. The highest BCUT2D eigenvalue weighted by Crippen LogP contribution is 2.28. The van der Waals surface area contributed by atoms with E-state index in [2.05, 4.69) is 11.9 Å². The van der Waals surface area contributed by atoms with Gasteiger partial charge >= 0.3 is 5.97 Å². The van der Waals surface area contributed by atoms with Crippen molar-refractivity contribution in [3.05, 3.63) is 65.2 Å². The summed E-state index contributed by atoms with van der Waals surface area (Å²) >= 11 is 0. The van der Waals surface area contributed by atoms with Crippen molar-refractivity contribution < 1.29 is 14.7 Å². The van der Waals surface area contributed by atoms with Gasteiger partial charge in [0.15, 0.2) is 0 Å². The Hall–Kier alpha value is -3.25. The topological polar surface area (TPSA) is 73.7 Å². The van der Waals surface area contributed by atoms with Gasteiger partial charge in [-0.05, 0) is 49.4 Å². The fraction of sp³-hybridized carbons (Fsp3) is 0.292. The number of nitrogens with zero attached hydrogens (tertiary/aromatic N) is 3. The number of aryl methyl sites for hydroxylation is 1. The predicted octanol–water partition coefficient (Wildman–Crippen LogP) is 3.22. The minimum Gasteiger partial charge on any atom is -0.478 e. The maximum absolute atomic E-state index is 12.7. The minimum atomic E-state index is -0.970. The van der Waals surface area contributed by atoms with Crippen LogP contribution in [0.5, 0.6) is 0 Å². The molecule has 0 atom stereocenters. The molecule has 6 nitrogen and oxygen atoms in total. The van der Waals surface area contributed by atoms with Crippen LogP contribution in [0.1, 0.15) is 21.5 Å². The third-order valence-electron chi connectivity index (χ3n) is 5.72. The van der Waals surface area contributed by atoms with Crippen LogP contribution in [0.2, 0.25) is 0 Å². The van der Waals surface area contributed by atoms with Gasteiger partial charge in [-0.15, -0.1) is 0 Å². The van der Waals surface area contributed by atoms with Gasteiger partial charge in [-0.25, -0.2) is 9.78 Å². The summed E-state index contributed by atoms with van der Waals surface area (Å²) in [6, 6.07) is 14.7. The molecule has 0 bridgehead atoms. The van der Waals surface area contributed by atoms with Crippen LogP contribution in [0.3, 0.4) is 0 Å². The number of pyridine rings is 1. The number of aromatic nitrogens is 1. The van der Waals surface area contributed by atoms with Crippen molar-refractivity contribution in [2.24, 2.45) is 0 Å². The van der Waals surface area contributed by atoms with Crippen molar-refractivity contribution in [3.8, 4) is 11.3 Å². The third kappa shape index (κ3) is 4.04. The van der Waals surface area contributed by atoms with E-state index in [0.29, 0.717) is 17.7 Å². The second kappa shape index (κ2) is 8.24. The molecule has 1 fully saturated rings. The lowest BCUT2D eigenvalue weighted by Gasteiger charge is -2.32. The number of carbonyl (C=O) groups is 2. The quantitative estimate of drug-likeness (QED) is 0.724. The zero-order valence-electron chi connectivity index (χ0n) is 17.3. The number of aromatic carboxylic acids is 1. The van der Waals surface area contributed by atoms with Crippen LogP contribution in [-0.4, -0.2) is 65.0 Å².